The molecule has 2 amide bonds. The number of aliphatic hydroxyl groups excluding tert-OH is 1. The second-order valence-electron chi connectivity index (χ2n) is 7.89. The van der Waals surface area contributed by atoms with Gasteiger partial charge in [-0.05, 0) is 30.8 Å². The van der Waals surface area contributed by atoms with Crippen LogP contribution in [0, 0.1) is 0 Å². The number of carbonyl (C=O) groups is 2. The van der Waals surface area contributed by atoms with E-state index in [0.717, 1.165) is 11.1 Å². The third-order valence-corrected chi connectivity index (χ3v) is 5.50. The largest absolute Gasteiger partial charge is 0.404 e. The smallest absolute Gasteiger partial charge is 0.251 e. The molecule has 0 bridgehead atoms. The molecule has 0 radical (unpaired) electrons. The highest BCUT2D eigenvalue weighted by Gasteiger charge is 2.43. The van der Waals surface area contributed by atoms with Crippen molar-refractivity contribution in [3.8, 4) is 0 Å². The fourth-order valence-electron chi connectivity index (χ4n) is 3.09. The van der Waals surface area contributed by atoms with E-state index in [9.17, 15) is 14.7 Å². The lowest BCUT2D eigenvalue weighted by Crippen LogP contribution is -2.59. The minimum atomic E-state index is -1.67. The number of amides is 2. The molecule has 2 aromatic carbocycles. The van der Waals surface area contributed by atoms with E-state index in [1.165, 1.54) is 0 Å². The molecular formula is C21H30N2O4S2Si. The van der Waals surface area contributed by atoms with Crippen molar-refractivity contribution < 1.29 is 19.1 Å². The van der Waals surface area contributed by atoms with Gasteiger partial charge in [0.2, 0.25) is 0 Å². The minimum absolute atomic E-state index is 0. The molecule has 2 aliphatic heterocycles. The normalized spacial score (nSPS) is 24.3. The van der Waals surface area contributed by atoms with E-state index in [2.05, 4.69) is 30.3 Å². The quantitative estimate of drug-likeness (QED) is 0.477. The Bertz CT molecular complexity index is 834. The maximum atomic E-state index is 11.5. The Morgan fingerprint density at radius 1 is 0.767 bits per heavy atom. The predicted octanol–water partition coefficient (Wildman–Crippen LogP) is 2.52. The van der Waals surface area contributed by atoms with Crippen molar-refractivity contribution in [1.82, 2.24) is 10.6 Å². The molecule has 9 heteroatoms. The maximum absolute atomic E-state index is 11.5. The first-order valence-corrected chi connectivity index (χ1v) is 12.7. The number of benzene rings is 2. The van der Waals surface area contributed by atoms with Gasteiger partial charge in [-0.25, -0.2) is 0 Å². The number of aliphatic hydroxyl groups is 1. The number of hydrogen-bond donors (Lipinski definition) is 3. The van der Waals surface area contributed by atoms with Gasteiger partial charge in [0.25, 0.3) is 11.8 Å². The average Bonchev–Trinajstić information content (AvgIpc) is 2.69. The zero-order valence-electron chi connectivity index (χ0n) is 17.3. The predicted molar refractivity (Wildman–Crippen MR) is 130 cm³/mol. The van der Waals surface area contributed by atoms with E-state index in [1.807, 2.05) is 60.7 Å². The SMILES string of the molecule is C[Si](C)(C)O[C@H]1C(=O)N[C@H]1c1ccccc1.O=C1N[C@@H](c2ccccc2)[C@H]1O.S.S. The number of carbonyl (C=O) groups excluding carboxylic acids is 2. The Kier molecular flexibility index (Phi) is 9.64. The van der Waals surface area contributed by atoms with Gasteiger partial charge in [0.15, 0.2) is 14.4 Å². The van der Waals surface area contributed by atoms with Crippen LogP contribution in [-0.4, -0.2) is 37.4 Å². The van der Waals surface area contributed by atoms with Gasteiger partial charge in [0.05, 0.1) is 12.1 Å². The van der Waals surface area contributed by atoms with Crippen LogP contribution in [0.25, 0.3) is 0 Å². The highest BCUT2D eigenvalue weighted by molar-refractivity contribution is 7.59. The molecule has 6 nitrogen and oxygen atoms in total. The van der Waals surface area contributed by atoms with Gasteiger partial charge in [0.1, 0.15) is 6.10 Å². The van der Waals surface area contributed by atoms with E-state index in [-0.39, 0.29) is 57.0 Å². The topological polar surface area (TPSA) is 87.7 Å². The van der Waals surface area contributed by atoms with Gasteiger partial charge < -0.3 is 20.2 Å². The summed E-state index contributed by atoms with van der Waals surface area (Å²) in [4.78, 5) is 22.1. The summed E-state index contributed by atoms with van der Waals surface area (Å²) < 4.78 is 5.88. The van der Waals surface area contributed by atoms with Crippen molar-refractivity contribution in [2.45, 2.75) is 43.9 Å². The Morgan fingerprint density at radius 3 is 1.57 bits per heavy atom. The summed E-state index contributed by atoms with van der Waals surface area (Å²) >= 11 is 0. The average molecular weight is 467 g/mol. The van der Waals surface area contributed by atoms with Crippen LogP contribution in [0.2, 0.25) is 19.6 Å². The van der Waals surface area contributed by atoms with Crippen LogP contribution < -0.4 is 10.6 Å². The van der Waals surface area contributed by atoms with E-state index in [4.69, 9.17) is 4.43 Å². The standard InChI is InChI=1S/C12H17NO2Si.C9H9NO2.2H2S/c1-16(2,3)15-11-10(13-12(11)14)9-7-5-4-6-8-9;11-8-7(10-9(8)12)6-4-2-1-3-5-6;;/h4-8,10-11H,1-3H3,(H,13,14);1-5,7-8,11H,(H,10,12);2*1H2/t10-,11+;7-,8+;;/m00../s1. The van der Waals surface area contributed by atoms with E-state index in [0.29, 0.717) is 0 Å². The molecule has 164 valence electrons. The van der Waals surface area contributed by atoms with Crippen molar-refractivity contribution in [2.75, 3.05) is 0 Å². The molecule has 4 atom stereocenters. The molecule has 2 heterocycles. The number of hydrogen-bond acceptors (Lipinski definition) is 4. The summed E-state index contributed by atoms with van der Waals surface area (Å²) in [6.45, 7) is 6.29. The van der Waals surface area contributed by atoms with Crippen molar-refractivity contribution in [2.24, 2.45) is 0 Å². The van der Waals surface area contributed by atoms with Crippen LogP contribution >= 0.6 is 27.0 Å². The Hall–Kier alpha value is -1.78. The van der Waals surface area contributed by atoms with Crippen molar-refractivity contribution in [1.29, 1.82) is 0 Å². The lowest BCUT2D eigenvalue weighted by atomic mass is 9.94. The molecule has 2 fully saturated rings. The third kappa shape index (κ3) is 6.36. The highest BCUT2D eigenvalue weighted by Crippen LogP contribution is 2.29. The van der Waals surface area contributed by atoms with Crippen LogP contribution in [0.4, 0.5) is 0 Å². The summed E-state index contributed by atoms with van der Waals surface area (Å²) in [5, 5.41) is 14.7. The molecule has 0 aromatic heterocycles. The molecular weight excluding hydrogens is 436 g/mol. The zero-order chi connectivity index (χ0) is 20.3. The monoisotopic (exact) mass is 466 g/mol. The summed E-state index contributed by atoms with van der Waals surface area (Å²) in [5.74, 6) is -0.278. The Labute approximate surface area is 192 Å². The van der Waals surface area contributed by atoms with Crippen LogP contribution in [0.5, 0.6) is 0 Å². The summed E-state index contributed by atoms with van der Waals surface area (Å²) in [6.07, 6.45) is -1.17. The lowest BCUT2D eigenvalue weighted by molar-refractivity contribution is -0.142. The number of nitrogens with one attached hydrogen (secondary N) is 2. The van der Waals surface area contributed by atoms with Crippen molar-refractivity contribution in [3.63, 3.8) is 0 Å². The summed E-state index contributed by atoms with van der Waals surface area (Å²) in [5.41, 5.74) is 2.06. The van der Waals surface area contributed by atoms with Gasteiger partial charge >= 0.3 is 0 Å². The molecule has 2 aliphatic rings. The van der Waals surface area contributed by atoms with Gasteiger partial charge in [-0.1, -0.05) is 60.7 Å². The van der Waals surface area contributed by atoms with E-state index < -0.39 is 14.4 Å². The third-order valence-electron chi connectivity index (χ3n) is 4.54. The molecule has 0 unspecified atom stereocenters. The molecule has 0 aliphatic carbocycles. The summed E-state index contributed by atoms with van der Waals surface area (Å²) in [7, 11) is -1.67. The van der Waals surface area contributed by atoms with Gasteiger partial charge in [-0.3, -0.25) is 9.59 Å². The molecule has 0 spiro atoms. The maximum Gasteiger partial charge on any atom is 0.251 e. The van der Waals surface area contributed by atoms with E-state index >= 15 is 0 Å². The first kappa shape index (κ1) is 26.3. The van der Waals surface area contributed by atoms with Gasteiger partial charge in [-0.15, -0.1) is 0 Å². The Balaban J connectivity index is 0.000000290. The molecule has 3 N–H and O–H groups in total. The van der Waals surface area contributed by atoms with E-state index in [1.54, 1.807) is 0 Å². The van der Waals surface area contributed by atoms with Crippen LogP contribution in [0.3, 0.4) is 0 Å². The zero-order valence-corrected chi connectivity index (χ0v) is 20.3. The second-order valence-corrected chi connectivity index (χ2v) is 12.3. The van der Waals surface area contributed by atoms with Crippen LogP contribution in [-0.2, 0) is 14.0 Å². The lowest BCUT2D eigenvalue weighted by Gasteiger charge is -2.40. The second kappa shape index (κ2) is 11.0. The molecule has 4 rings (SSSR count). The Morgan fingerprint density at radius 2 is 1.20 bits per heavy atom. The summed E-state index contributed by atoms with van der Waals surface area (Å²) in [6, 6.07) is 19.2. The number of β-lactam (4-membered cyclic amide) rings is 2. The van der Waals surface area contributed by atoms with Crippen molar-refractivity contribution >= 4 is 47.1 Å². The first-order chi connectivity index (χ1) is 13.3. The molecule has 30 heavy (non-hydrogen) atoms. The highest BCUT2D eigenvalue weighted by atomic mass is 32.1. The van der Waals surface area contributed by atoms with Crippen LogP contribution in [0.1, 0.15) is 23.2 Å². The number of rotatable bonds is 4. The van der Waals surface area contributed by atoms with Gasteiger partial charge in [-0.2, -0.15) is 27.0 Å². The van der Waals surface area contributed by atoms with Gasteiger partial charge in [0, 0.05) is 0 Å². The van der Waals surface area contributed by atoms with Crippen LogP contribution in [0.15, 0.2) is 60.7 Å². The first-order valence-electron chi connectivity index (χ1n) is 9.33. The fraction of sp³-hybridized carbons (Fsp3) is 0.333. The molecule has 2 aromatic rings. The minimum Gasteiger partial charge on any atom is -0.404 e. The molecule has 0 saturated carbocycles. The molecule has 2 saturated heterocycles. The van der Waals surface area contributed by atoms with Crippen molar-refractivity contribution in [3.05, 3.63) is 71.8 Å². The fourth-order valence-corrected chi connectivity index (χ4v) is 4.09.